The largest absolute Gasteiger partial charge is 0.378 e. The molecule has 184 valence electrons. The fraction of sp³-hybridized carbons (Fsp3) is 0.227. The summed E-state index contributed by atoms with van der Waals surface area (Å²) in [6, 6.07) is 11.6. The molecule has 12 nitrogen and oxygen atoms in total. The van der Waals surface area contributed by atoms with E-state index in [2.05, 4.69) is 25.9 Å². The molecule has 3 heterocycles. The van der Waals surface area contributed by atoms with Gasteiger partial charge in [-0.1, -0.05) is 11.3 Å². The third kappa shape index (κ3) is 4.86. The van der Waals surface area contributed by atoms with Crippen molar-refractivity contribution in [2.24, 2.45) is 0 Å². The highest BCUT2D eigenvalue weighted by molar-refractivity contribution is 7.80. The van der Waals surface area contributed by atoms with Crippen LogP contribution in [0.3, 0.4) is 0 Å². The molecular formula is C22H20N8O4S2. The Labute approximate surface area is 214 Å². The summed E-state index contributed by atoms with van der Waals surface area (Å²) in [4.78, 5) is 26.5. The predicted octanol–water partition coefficient (Wildman–Crippen LogP) is 3.03. The molecule has 0 saturated carbocycles. The number of thiocarbonyl (C=S) groups is 1. The Morgan fingerprint density at radius 3 is 2.61 bits per heavy atom. The van der Waals surface area contributed by atoms with Crippen molar-refractivity contribution >= 4 is 56.6 Å². The first kappa shape index (κ1) is 23.7. The average Bonchev–Trinajstić information content (AvgIpc) is 3.46. The molecule has 0 aliphatic carbocycles. The molecule has 1 aliphatic rings. The Balaban J connectivity index is 1.29. The Morgan fingerprint density at radius 1 is 1.17 bits per heavy atom. The minimum atomic E-state index is -0.538. The van der Waals surface area contributed by atoms with Crippen LogP contribution < -0.4 is 15.5 Å². The Bertz CT molecular complexity index is 1460. The molecule has 0 bridgehead atoms. The van der Waals surface area contributed by atoms with Gasteiger partial charge in [-0.2, -0.15) is 9.61 Å². The fourth-order valence-electron chi connectivity index (χ4n) is 3.76. The van der Waals surface area contributed by atoms with E-state index in [-0.39, 0.29) is 16.4 Å². The minimum Gasteiger partial charge on any atom is -0.378 e. The van der Waals surface area contributed by atoms with Gasteiger partial charge in [0.1, 0.15) is 5.01 Å². The van der Waals surface area contributed by atoms with Gasteiger partial charge in [-0.3, -0.25) is 20.2 Å². The SMILES string of the molecule is Cc1nnc2sc(-c3ccc(NC(=S)NC(=O)c4cc([N+](=O)[O-])ccc4N4CCOCC4)cc3)nn12. The Kier molecular flexibility index (Phi) is 6.54. The van der Waals surface area contributed by atoms with E-state index in [1.165, 1.54) is 23.5 Å². The normalized spacial score (nSPS) is 13.5. The molecule has 1 fully saturated rings. The molecule has 1 aliphatic heterocycles. The van der Waals surface area contributed by atoms with Gasteiger partial charge < -0.3 is 15.0 Å². The number of aryl methyl sites for hydroxylation is 1. The molecule has 5 rings (SSSR count). The second kappa shape index (κ2) is 9.93. The van der Waals surface area contributed by atoms with Crippen LogP contribution in [0.1, 0.15) is 16.2 Å². The maximum absolute atomic E-state index is 13.1. The second-order valence-electron chi connectivity index (χ2n) is 7.89. The molecule has 0 unspecified atom stereocenters. The number of aromatic nitrogens is 4. The lowest BCUT2D eigenvalue weighted by Gasteiger charge is -2.30. The number of carbonyl (C=O) groups is 1. The lowest BCUT2D eigenvalue weighted by molar-refractivity contribution is -0.384. The summed E-state index contributed by atoms with van der Waals surface area (Å²) in [5.41, 5.74) is 2.15. The first-order chi connectivity index (χ1) is 17.4. The zero-order chi connectivity index (χ0) is 25.2. The van der Waals surface area contributed by atoms with Crippen molar-refractivity contribution in [3.8, 4) is 10.6 Å². The molecule has 2 N–H and O–H groups in total. The van der Waals surface area contributed by atoms with E-state index in [0.717, 1.165) is 10.6 Å². The number of fused-ring (bicyclic) bond motifs is 1. The molecule has 0 radical (unpaired) electrons. The lowest BCUT2D eigenvalue weighted by Crippen LogP contribution is -2.39. The predicted molar refractivity (Wildman–Crippen MR) is 139 cm³/mol. The highest BCUT2D eigenvalue weighted by Gasteiger charge is 2.22. The topological polar surface area (TPSA) is 140 Å². The Hall–Kier alpha value is -4.01. The number of nitrogens with zero attached hydrogens (tertiary/aromatic N) is 6. The van der Waals surface area contributed by atoms with Crippen molar-refractivity contribution in [1.29, 1.82) is 0 Å². The first-order valence-corrected chi connectivity index (χ1v) is 12.1. The number of carbonyl (C=O) groups excluding carboxylic acids is 1. The van der Waals surface area contributed by atoms with E-state index < -0.39 is 10.8 Å². The van der Waals surface area contributed by atoms with Crippen molar-refractivity contribution in [3.63, 3.8) is 0 Å². The molecule has 2 aromatic heterocycles. The zero-order valence-electron chi connectivity index (χ0n) is 19.0. The fourth-order valence-corrected chi connectivity index (χ4v) is 4.86. The van der Waals surface area contributed by atoms with E-state index in [9.17, 15) is 14.9 Å². The third-order valence-electron chi connectivity index (χ3n) is 5.55. The van der Waals surface area contributed by atoms with Gasteiger partial charge in [0.2, 0.25) is 4.96 Å². The van der Waals surface area contributed by atoms with Gasteiger partial charge >= 0.3 is 0 Å². The number of benzene rings is 2. The van der Waals surface area contributed by atoms with Crippen LogP contribution in [0.5, 0.6) is 0 Å². The van der Waals surface area contributed by atoms with E-state index in [4.69, 9.17) is 17.0 Å². The number of morpholine rings is 1. The number of anilines is 2. The third-order valence-corrected chi connectivity index (χ3v) is 6.70. The van der Waals surface area contributed by atoms with Crippen molar-refractivity contribution < 1.29 is 14.5 Å². The van der Waals surface area contributed by atoms with Crippen LogP contribution in [0.4, 0.5) is 17.1 Å². The van der Waals surface area contributed by atoms with Crippen molar-refractivity contribution in [2.75, 3.05) is 36.5 Å². The van der Waals surface area contributed by atoms with Gasteiger partial charge in [0.25, 0.3) is 11.6 Å². The average molecular weight is 525 g/mol. The van der Waals surface area contributed by atoms with Crippen molar-refractivity contribution in [2.45, 2.75) is 6.92 Å². The summed E-state index contributed by atoms with van der Waals surface area (Å²) in [6.07, 6.45) is 0. The van der Waals surface area contributed by atoms with Crippen LogP contribution in [-0.2, 0) is 4.74 Å². The van der Waals surface area contributed by atoms with Gasteiger partial charge in [-0.25, -0.2) is 0 Å². The number of nitro groups is 1. The van der Waals surface area contributed by atoms with Gasteiger partial charge in [-0.05, 0) is 49.5 Å². The number of rotatable bonds is 5. The van der Waals surface area contributed by atoms with E-state index >= 15 is 0 Å². The standard InChI is InChI=1S/C22H20N8O4S2/c1-13-25-26-22-29(13)27-20(36-22)14-2-4-15(5-3-14)23-21(35)24-19(31)17-12-16(30(32)33)6-7-18(17)28-8-10-34-11-9-28/h2-7,12H,8-11H2,1H3,(H2,23,24,31,35). The minimum absolute atomic E-state index is 0.0709. The van der Waals surface area contributed by atoms with Crippen molar-refractivity contribution in [1.82, 2.24) is 25.1 Å². The number of hydrogen-bond acceptors (Lipinski definition) is 10. The number of non-ortho nitro benzene ring substituents is 1. The Morgan fingerprint density at radius 2 is 1.92 bits per heavy atom. The van der Waals surface area contributed by atoms with E-state index in [0.29, 0.717) is 48.5 Å². The summed E-state index contributed by atoms with van der Waals surface area (Å²) in [5.74, 6) is 0.178. The number of amides is 1. The van der Waals surface area contributed by atoms with Crippen LogP contribution in [0.15, 0.2) is 42.5 Å². The smallest absolute Gasteiger partial charge is 0.270 e. The summed E-state index contributed by atoms with van der Waals surface area (Å²) in [7, 11) is 0. The number of hydrogen-bond donors (Lipinski definition) is 2. The molecule has 36 heavy (non-hydrogen) atoms. The number of nitrogens with one attached hydrogen (secondary N) is 2. The van der Waals surface area contributed by atoms with Crippen molar-refractivity contribution in [3.05, 3.63) is 64.0 Å². The zero-order valence-corrected chi connectivity index (χ0v) is 20.6. The van der Waals surface area contributed by atoms with Gasteiger partial charge in [-0.15, -0.1) is 10.2 Å². The summed E-state index contributed by atoms with van der Waals surface area (Å²) in [5, 5.41) is 30.4. The molecule has 2 aromatic carbocycles. The maximum Gasteiger partial charge on any atom is 0.270 e. The molecule has 0 atom stereocenters. The first-order valence-electron chi connectivity index (χ1n) is 10.9. The maximum atomic E-state index is 13.1. The van der Waals surface area contributed by atoms with E-state index in [1.807, 2.05) is 36.1 Å². The molecule has 1 amide bonds. The molecule has 1 saturated heterocycles. The van der Waals surface area contributed by atoms with Crippen LogP contribution in [-0.4, -0.2) is 62.1 Å². The highest BCUT2D eigenvalue weighted by Crippen LogP contribution is 2.28. The number of ether oxygens (including phenoxy) is 1. The van der Waals surface area contributed by atoms with Gasteiger partial charge in [0, 0.05) is 36.5 Å². The molecule has 4 aromatic rings. The molecular weight excluding hydrogens is 504 g/mol. The summed E-state index contributed by atoms with van der Waals surface area (Å²) in [6.45, 7) is 4.02. The molecule has 14 heteroatoms. The van der Waals surface area contributed by atoms with Gasteiger partial charge in [0.15, 0.2) is 10.9 Å². The van der Waals surface area contributed by atoms with Crippen LogP contribution in [0.25, 0.3) is 15.5 Å². The summed E-state index contributed by atoms with van der Waals surface area (Å²) >= 11 is 6.76. The van der Waals surface area contributed by atoms with Crippen LogP contribution in [0, 0.1) is 17.0 Å². The highest BCUT2D eigenvalue weighted by atomic mass is 32.1. The van der Waals surface area contributed by atoms with E-state index in [1.54, 1.807) is 10.6 Å². The summed E-state index contributed by atoms with van der Waals surface area (Å²) < 4.78 is 7.07. The van der Waals surface area contributed by atoms with Crippen LogP contribution >= 0.6 is 23.6 Å². The van der Waals surface area contributed by atoms with Gasteiger partial charge in [0.05, 0.1) is 29.4 Å². The van der Waals surface area contributed by atoms with Crippen LogP contribution in [0.2, 0.25) is 0 Å². The number of nitro benzene ring substituents is 1. The quantitative estimate of drug-likeness (QED) is 0.227. The monoisotopic (exact) mass is 524 g/mol. The lowest BCUT2D eigenvalue weighted by atomic mass is 10.1. The second-order valence-corrected chi connectivity index (χ2v) is 9.26. The molecule has 0 spiro atoms.